The Morgan fingerprint density at radius 1 is 1.14 bits per heavy atom. The number of Topliss-reactive ketones (excluding diaryl/α,β-unsaturated/α-hetero) is 1. The number of nitro groups is 1. The molecule has 2 aromatic carbocycles. The highest BCUT2D eigenvalue weighted by Gasteiger charge is 2.45. The van der Waals surface area contributed by atoms with E-state index in [0.717, 1.165) is 6.42 Å². The van der Waals surface area contributed by atoms with Crippen LogP contribution in [0.1, 0.15) is 36.9 Å². The van der Waals surface area contributed by atoms with E-state index in [0.29, 0.717) is 29.1 Å². The van der Waals surface area contributed by atoms with Gasteiger partial charge in [0, 0.05) is 29.3 Å². The highest BCUT2D eigenvalue weighted by atomic mass is 35.5. The van der Waals surface area contributed by atoms with Crippen LogP contribution in [-0.2, 0) is 9.59 Å². The zero-order valence-electron chi connectivity index (χ0n) is 15.7. The zero-order chi connectivity index (χ0) is 21.1. The Morgan fingerprint density at radius 2 is 1.76 bits per heavy atom. The number of carbonyl (C=O) groups is 2. The van der Waals surface area contributed by atoms with E-state index < -0.39 is 22.7 Å². The van der Waals surface area contributed by atoms with Gasteiger partial charge in [-0.1, -0.05) is 24.9 Å². The minimum Gasteiger partial charge on any atom is -0.507 e. The normalized spacial score (nSPS) is 18.3. The number of ketones is 1. The van der Waals surface area contributed by atoms with Gasteiger partial charge in [0.15, 0.2) is 0 Å². The third-order valence-corrected chi connectivity index (χ3v) is 5.08. The smallest absolute Gasteiger partial charge is 0.295 e. The van der Waals surface area contributed by atoms with E-state index in [4.69, 9.17) is 11.6 Å². The Morgan fingerprint density at radius 3 is 2.31 bits per heavy atom. The molecule has 1 N–H and O–H groups in total. The van der Waals surface area contributed by atoms with Gasteiger partial charge in [0.05, 0.1) is 16.5 Å². The van der Waals surface area contributed by atoms with Crippen molar-refractivity contribution >= 4 is 34.7 Å². The average Bonchev–Trinajstić information content (AvgIpc) is 2.97. The van der Waals surface area contributed by atoms with Crippen LogP contribution in [0.5, 0.6) is 0 Å². The molecule has 29 heavy (non-hydrogen) atoms. The molecule has 0 saturated carbocycles. The van der Waals surface area contributed by atoms with E-state index >= 15 is 0 Å². The maximum atomic E-state index is 12.8. The molecular weight excluding hydrogens is 396 g/mol. The van der Waals surface area contributed by atoms with Gasteiger partial charge in [-0.2, -0.15) is 0 Å². The second-order valence-corrected chi connectivity index (χ2v) is 7.14. The fourth-order valence-electron chi connectivity index (χ4n) is 3.33. The lowest BCUT2D eigenvalue weighted by atomic mass is 9.95. The number of rotatable bonds is 6. The number of aliphatic hydroxyl groups is 1. The first-order chi connectivity index (χ1) is 13.8. The Bertz CT molecular complexity index is 983. The van der Waals surface area contributed by atoms with Crippen molar-refractivity contribution < 1.29 is 19.6 Å². The molecule has 1 amide bonds. The molecule has 3 rings (SSSR count). The third-order valence-electron chi connectivity index (χ3n) is 4.83. The molecule has 7 nitrogen and oxygen atoms in total. The number of hydrogen-bond acceptors (Lipinski definition) is 5. The van der Waals surface area contributed by atoms with Gasteiger partial charge in [-0.25, -0.2) is 0 Å². The molecule has 1 aliphatic rings. The number of benzene rings is 2. The fourth-order valence-corrected chi connectivity index (χ4v) is 3.45. The number of halogens is 1. The minimum absolute atomic E-state index is 0.0396. The maximum Gasteiger partial charge on any atom is 0.295 e. The van der Waals surface area contributed by atoms with E-state index in [1.165, 1.54) is 29.2 Å². The summed E-state index contributed by atoms with van der Waals surface area (Å²) in [6, 6.07) is 11.1. The molecule has 0 spiro atoms. The first-order valence-electron chi connectivity index (χ1n) is 9.13. The van der Waals surface area contributed by atoms with E-state index in [-0.39, 0.29) is 17.0 Å². The highest BCUT2D eigenvalue weighted by molar-refractivity contribution is 6.46. The number of hydrogen-bond donors (Lipinski definition) is 1. The van der Waals surface area contributed by atoms with Gasteiger partial charge in [-0.05, 0) is 48.4 Å². The first-order valence-corrected chi connectivity index (χ1v) is 9.51. The summed E-state index contributed by atoms with van der Waals surface area (Å²) in [6.45, 7) is 2.30. The average molecular weight is 415 g/mol. The SMILES string of the molecule is CCCCN1C(=O)C(=O)/C(=C(/O)c2ccc(Cl)cc2)C1c1ccc([N+](=O)[O-])cc1. The van der Waals surface area contributed by atoms with Crippen LogP contribution < -0.4 is 0 Å². The summed E-state index contributed by atoms with van der Waals surface area (Å²) in [5.74, 6) is -1.78. The largest absolute Gasteiger partial charge is 0.507 e. The molecule has 1 atom stereocenters. The van der Waals surface area contributed by atoms with Crippen molar-refractivity contribution in [3.8, 4) is 0 Å². The van der Waals surface area contributed by atoms with Gasteiger partial charge in [-0.15, -0.1) is 0 Å². The van der Waals surface area contributed by atoms with Crippen LogP contribution in [-0.4, -0.2) is 33.2 Å². The van der Waals surface area contributed by atoms with E-state index in [1.807, 2.05) is 6.92 Å². The summed E-state index contributed by atoms with van der Waals surface area (Å²) in [5, 5.41) is 22.3. The molecule has 1 saturated heterocycles. The Labute approximate surface area is 172 Å². The summed E-state index contributed by atoms with van der Waals surface area (Å²) in [7, 11) is 0. The van der Waals surface area contributed by atoms with Crippen molar-refractivity contribution in [2.75, 3.05) is 6.54 Å². The van der Waals surface area contributed by atoms with Crippen LogP contribution in [0, 0.1) is 10.1 Å². The molecule has 1 heterocycles. The van der Waals surface area contributed by atoms with Crippen molar-refractivity contribution in [2.45, 2.75) is 25.8 Å². The van der Waals surface area contributed by atoms with Crippen molar-refractivity contribution in [3.63, 3.8) is 0 Å². The van der Waals surface area contributed by atoms with E-state index in [9.17, 15) is 24.8 Å². The third kappa shape index (κ3) is 4.00. The number of nitrogens with zero attached hydrogens (tertiary/aromatic N) is 2. The summed E-state index contributed by atoms with van der Waals surface area (Å²) < 4.78 is 0. The second-order valence-electron chi connectivity index (χ2n) is 6.70. The van der Waals surface area contributed by atoms with Crippen molar-refractivity contribution in [1.29, 1.82) is 0 Å². The van der Waals surface area contributed by atoms with Crippen molar-refractivity contribution in [3.05, 3.63) is 80.4 Å². The summed E-state index contributed by atoms with van der Waals surface area (Å²) in [4.78, 5) is 37.3. The summed E-state index contributed by atoms with van der Waals surface area (Å²) >= 11 is 5.89. The zero-order valence-corrected chi connectivity index (χ0v) is 16.4. The molecule has 0 radical (unpaired) electrons. The van der Waals surface area contributed by atoms with E-state index in [2.05, 4.69) is 0 Å². The minimum atomic E-state index is -0.821. The number of nitro benzene ring substituents is 1. The molecule has 1 fully saturated rings. The van der Waals surface area contributed by atoms with Gasteiger partial charge < -0.3 is 10.0 Å². The lowest BCUT2D eigenvalue weighted by Gasteiger charge is -2.25. The molecule has 150 valence electrons. The summed E-state index contributed by atoms with van der Waals surface area (Å²) in [5.41, 5.74) is 0.732. The van der Waals surface area contributed by atoms with Crippen molar-refractivity contribution in [1.82, 2.24) is 4.90 Å². The molecule has 1 unspecified atom stereocenters. The second kappa shape index (κ2) is 8.45. The predicted octanol–water partition coefficient (Wildman–Crippen LogP) is 4.47. The van der Waals surface area contributed by atoms with Gasteiger partial charge in [0.25, 0.3) is 17.4 Å². The summed E-state index contributed by atoms with van der Waals surface area (Å²) in [6.07, 6.45) is 1.49. The highest BCUT2D eigenvalue weighted by Crippen LogP contribution is 2.40. The Balaban J connectivity index is 2.14. The van der Waals surface area contributed by atoms with Crippen LogP contribution >= 0.6 is 11.6 Å². The quantitative estimate of drug-likeness (QED) is 0.247. The standard InChI is InChI=1S/C21H19ClN2O5/c1-2-3-12-23-18(13-6-10-16(11-7-13)24(28)29)17(20(26)21(23)27)19(25)14-4-8-15(22)9-5-14/h4-11,18,25H,2-3,12H2,1H3/b19-17+. The van der Waals surface area contributed by atoms with Crippen LogP contribution in [0.15, 0.2) is 54.1 Å². The monoisotopic (exact) mass is 414 g/mol. The molecule has 0 aromatic heterocycles. The number of unbranched alkanes of at least 4 members (excludes halogenated alkanes) is 1. The number of likely N-dealkylation sites (tertiary alicyclic amines) is 1. The fraction of sp³-hybridized carbons (Fsp3) is 0.238. The molecule has 8 heteroatoms. The van der Waals surface area contributed by atoms with Gasteiger partial charge >= 0.3 is 0 Å². The Kier molecular flexibility index (Phi) is 5.98. The molecular formula is C21H19ClN2O5. The number of amides is 1. The first kappa shape index (κ1) is 20.5. The Hall–Kier alpha value is -3.19. The van der Waals surface area contributed by atoms with Crippen molar-refractivity contribution in [2.24, 2.45) is 0 Å². The molecule has 0 aliphatic carbocycles. The number of non-ortho nitro benzene ring substituents is 1. The number of carbonyl (C=O) groups excluding carboxylic acids is 2. The molecule has 1 aliphatic heterocycles. The van der Waals surface area contributed by atoms with Gasteiger partial charge in [-0.3, -0.25) is 19.7 Å². The van der Waals surface area contributed by atoms with E-state index in [1.54, 1.807) is 24.3 Å². The van der Waals surface area contributed by atoms with Crippen LogP contribution in [0.4, 0.5) is 5.69 Å². The van der Waals surface area contributed by atoms with Gasteiger partial charge in [0.2, 0.25) is 0 Å². The number of aliphatic hydroxyl groups excluding tert-OH is 1. The van der Waals surface area contributed by atoms with Gasteiger partial charge in [0.1, 0.15) is 5.76 Å². The molecule has 2 aromatic rings. The topological polar surface area (TPSA) is 101 Å². The van der Waals surface area contributed by atoms with Crippen LogP contribution in [0.25, 0.3) is 5.76 Å². The van der Waals surface area contributed by atoms with Crippen LogP contribution in [0.3, 0.4) is 0 Å². The van der Waals surface area contributed by atoms with Crippen LogP contribution in [0.2, 0.25) is 5.02 Å². The molecule has 0 bridgehead atoms. The maximum absolute atomic E-state index is 12.8. The lowest BCUT2D eigenvalue weighted by Crippen LogP contribution is -2.30. The predicted molar refractivity (Wildman–Crippen MR) is 108 cm³/mol. The lowest BCUT2D eigenvalue weighted by molar-refractivity contribution is -0.384.